The van der Waals surface area contributed by atoms with Gasteiger partial charge in [-0.1, -0.05) is 13.8 Å². The van der Waals surface area contributed by atoms with E-state index in [-0.39, 0.29) is 11.3 Å². The van der Waals surface area contributed by atoms with Crippen LogP contribution in [0.15, 0.2) is 12.1 Å². The van der Waals surface area contributed by atoms with E-state index in [4.69, 9.17) is 0 Å². The molecular weight excluding hydrogens is 280 g/mol. The van der Waals surface area contributed by atoms with Gasteiger partial charge >= 0.3 is 0 Å². The summed E-state index contributed by atoms with van der Waals surface area (Å²) in [5.41, 5.74) is -1.81. The highest BCUT2D eigenvalue weighted by Gasteiger charge is 2.39. The van der Waals surface area contributed by atoms with Crippen molar-refractivity contribution in [3.05, 3.63) is 37.9 Å². The Balaban J connectivity index is 2.68. The lowest BCUT2D eigenvalue weighted by Crippen LogP contribution is -2.56. The minimum Gasteiger partial charge on any atom is -0.357 e. The molecular formula is C12H14N4O5. The Hall–Kier alpha value is -2.71. The molecule has 0 bridgehead atoms. The topological polar surface area (TPSA) is 127 Å². The van der Waals surface area contributed by atoms with Crippen molar-refractivity contribution in [1.29, 1.82) is 0 Å². The van der Waals surface area contributed by atoms with Crippen molar-refractivity contribution in [1.82, 2.24) is 5.32 Å². The van der Waals surface area contributed by atoms with Gasteiger partial charge in [0, 0.05) is 6.07 Å². The molecule has 21 heavy (non-hydrogen) atoms. The van der Waals surface area contributed by atoms with Crippen molar-refractivity contribution in [3.63, 3.8) is 0 Å². The van der Waals surface area contributed by atoms with E-state index in [1.54, 1.807) is 0 Å². The predicted octanol–water partition coefficient (Wildman–Crippen LogP) is 2.17. The molecule has 0 unspecified atom stereocenters. The van der Waals surface area contributed by atoms with E-state index in [1.165, 1.54) is 0 Å². The van der Waals surface area contributed by atoms with Crippen LogP contribution in [0.4, 0.5) is 17.1 Å². The maximum atomic E-state index is 12.2. The summed E-state index contributed by atoms with van der Waals surface area (Å²) >= 11 is 0. The van der Waals surface area contributed by atoms with Crippen molar-refractivity contribution in [2.24, 2.45) is 0 Å². The van der Waals surface area contributed by atoms with Crippen LogP contribution in [0.25, 0.3) is 0 Å². The Labute approximate surface area is 119 Å². The second kappa shape index (κ2) is 5.00. The third kappa shape index (κ3) is 2.37. The number of nitrogens with one attached hydrogen (secondary N) is 2. The number of fused-ring (bicyclic) bond motifs is 1. The van der Waals surface area contributed by atoms with Crippen molar-refractivity contribution in [2.75, 3.05) is 5.32 Å². The normalized spacial score (nSPS) is 15.6. The lowest BCUT2D eigenvalue weighted by atomic mass is 9.96. The first kappa shape index (κ1) is 14.7. The summed E-state index contributed by atoms with van der Waals surface area (Å²) < 4.78 is 0. The van der Waals surface area contributed by atoms with Gasteiger partial charge < -0.3 is 10.6 Å². The summed E-state index contributed by atoms with van der Waals surface area (Å²) in [5.74, 6) is -0.556. The molecule has 0 aliphatic carbocycles. The first-order valence-corrected chi connectivity index (χ1v) is 6.41. The van der Waals surface area contributed by atoms with E-state index < -0.39 is 32.8 Å². The van der Waals surface area contributed by atoms with Gasteiger partial charge in [-0.05, 0) is 12.8 Å². The van der Waals surface area contributed by atoms with Gasteiger partial charge in [-0.15, -0.1) is 0 Å². The Morgan fingerprint density at radius 1 is 1.10 bits per heavy atom. The number of anilines is 1. The number of rotatable bonds is 4. The number of carbonyl (C=O) groups is 1. The molecule has 0 saturated carbocycles. The zero-order valence-electron chi connectivity index (χ0n) is 11.5. The molecule has 0 atom stereocenters. The number of hydrogen-bond donors (Lipinski definition) is 2. The average molecular weight is 294 g/mol. The molecule has 0 fully saturated rings. The van der Waals surface area contributed by atoms with E-state index in [9.17, 15) is 25.0 Å². The second-order valence-electron chi connectivity index (χ2n) is 4.77. The molecule has 1 aromatic carbocycles. The number of amides is 1. The highest BCUT2D eigenvalue weighted by atomic mass is 16.6. The van der Waals surface area contributed by atoms with Crippen LogP contribution >= 0.6 is 0 Å². The molecule has 0 aromatic heterocycles. The van der Waals surface area contributed by atoms with Crippen molar-refractivity contribution in [3.8, 4) is 0 Å². The largest absolute Gasteiger partial charge is 0.357 e. The maximum Gasteiger partial charge on any atom is 0.300 e. The average Bonchev–Trinajstić information content (AvgIpc) is 2.45. The molecule has 1 heterocycles. The van der Waals surface area contributed by atoms with Crippen LogP contribution < -0.4 is 10.6 Å². The van der Waals surface area contributed by atoms with Crippen LogP contribution in [0.5, 0.6) is 0 Å². The number of carbonyl (C=O) groups excluding carboxylic acids is 1. The van der Waals surface area contributed by atoms with E-state index in [1.807, 2.05) is 13.8 Å². The molecule has 9 heteroatoms. The molecule has 0 radical (unpaired) electrons. The maximum absolute atomic E-state index is 12.2. The highest BCUT2D eigenvalue weighted by Crippen LogP contribution is 2.38. The summed E-state index contributed by atoms with van der Waals surface area (Å²) in [4.78, 5) is 32.7. The number of nitrogens with zero attached hydrogens (tertiary/aromatic N) is 2. The third-order valence-electron chi connectivity index (χ3n) is 3.68. The molecule has 1 amide bonds. The summed E-state index contributed by atoms with van der Waals surface area (Å²) in [7, 11) is 0. The monoisotopic (exact) mass is 294 g/mol. The summed E-state index contributed by atoms with van der Waals surface area (Å²) in [6.07, 6.45) is 1.03. The van der Waals surface area contributed by atoms with Gasteiger partial charge in [0.1, 0.15) is 11.4 Å². The smallest absolute Gasteiger partial charge is 0.300 e. The van der Waals surface area contributed by atoms with Crippen molar-refractivity contribution < 1.29 is 14.6 Å². The van der Waals surface area contributed by atoms with Crippen molar-refractivity contribution in [2.45, 2.75) is 32.4 Å². The summed E-state index contributed by atoms with van der Waals surface area (Å²) in [6, 6.07) is 1.90. The van der Waals surface area contributed by atoms with Gasteiger partial charge in [-0.2, -0.15) is 0 Å². The molecule has 2 rings (SSSR count). The lowest BCUT2D eigenvalue weighted by molar-refractivity contribution is -0.393. The quantitative estimate of drug-likeness (QED) is 0.647. The van der Waals surface area contributed by atoms with E-state index in [0.717, 1.165) is 12.1 Å². The zero-order valence-corrected chi connectivity index (χ0v) is 11.5. The van der Waals surface area contributed by atoms with E-state index in [2.05, 4.69) is 10.6 Å². The fourth-order valence-corrected chi connectivity index (χ4v) is 2.33. The predicted molar refractivity (Wildman–Crippen MR) is 74.2 cm³/mol. The first-order valence-electron chi connectivity index (χ1n) is 6.41. The Kier molecular flexibility index (Phi) is 3.50. The fraction of sp³-hybridized carbons (Fsp3) is 0.417. The van der Waals surface area contributed by atoms with Gasteiger partial charge in [0.15, 0.2) is 0 Å². The van der Waals surface area contributed by atoms with Crippen LogP contribution in [0.2, 0.25) is 0 Å². The van der Waals surface area contributed by atoms with Gasteiger partial charge in [0.2, 0.25) is 0 Å². The summed E-state index contributed by atoms with van der Waals surface area (Å²) in [5, 5.41) is 27.7. The minimum atomic E-state index is -0.787. The van der Waals surface area contributed by atoms with Gasteiger partial charge in [0.05, 0.1) is 21.5 Å². The Morgan fingerprint density at radius 2 is 1.71 bits per heavy atom. The molecule has 9 nitrogen and oxygen atoms in total. The van der Waals surface area contributed by atoms with Crippen LogP contribution in [-0.2, 0) is 0 Å². The Bertz CT molecular complexity index is 622. The van der Waals surface area contributed by atoms with E-state index >= 15 is 0 Å². The van der Waals surface area contributed by atoms with E-state index in [0.29, 0.717) is 12.8 Å². The zero-order chi connectivity index (χ0) is 15.8. The number of hydrogen-bond acceptors (Lipinski definition) is 6. The molecule has 1 aromatic rings. The van der Waals surface area contributed by atoms with Crippen LogP contribution in [0.1, 0.15) is 37.0 Å². The summed E-state index contributed by atoms with van der Waals surface area (Å²) in [6.45, 7) is 3.66. The van der Waals surface area contributed by atoms with Crippen LogP contribution in [0, 0.1) is 20.2 Å². The Morgan fingerprint density at radius 3 is 2.19 bits per heavy atom. The highest BCUT2D eigenvalue weighted by molar-refractivity contribution is 6.05. The minimum absolute atomic E-state index is 0.0260. The number of non-ortho nitro benzene ring substituents is 1. The molecule has 1 aliphatic rings. The molecule has 2 N–H and O–H groups in total. The van der Waals surface area contributed by atoms with Gasteiger partial charge in [-0.3, -0.25) is 25.0 Å². The SMILES string of the molecule is CCC1(CC)NC(=O)c2cc([N+](=O)[O-])cc([N+](=O)[O-])c2N1. The van der Waals surface area contributed by atoms with Crippen LogP contribution in [0.3, 0.4) is 0 Å². The second-order valence-corrected chi connectivity index (χ2v) is 4.77. The third-order valence-corrected chi connectivity index (χ3v) is 3.68. The van der Waals surface area contributed by atoms with Gasteiger partial charge in [-0.25, -0.2) is 0 Å². The standard InChI is InChI=1S/C12H14N4O5/c1-3-12(4-2)13-10-8(11(17)14-12)5-7(15(18)19)6-9(10)16(20)21/h5-6,13H,3-4H2,1-2H3,(H,14,17). The molecule has 0 spiro atoms. The first-order chi connectivity index (χ1) is 9.83. The molecule has 0 saturated heterocycles. The van der Waals surface area contributed by atoms with Crippen LogP contribution in [-0.4, -0.2) is 21.4 Å². The van der Waals surface area contributed by atoms with Gasteiger partial charge in [0.25, 0.3) is 17.3 Å². The fourth-order valence-electron chi connectivity index (χ4n) is 2.33. The molecule has 1 aliphatic heterocycles. The number of nitro benzene ring substituents is 2. The molecule has 112 valence electrons. The number of benzene rings is 1. The lowest BCUT2D eigenvalue weighted by Gasteiger charge is -2.38. The van der Waals surface area contributed by atoms with Crippen molar-refractivity contribution >= 4 is 23.0 Å². The number of nitro groups is 2.